The van der Waals surface area contributed by atoms with Crippen LogP contribution in [0.1, 0.15) is 5.56 Å². The van der Waals surface area contributed by atoms with Crippen molar-refractivity contribution in [3.63, 3.8) is 0 Å². The number of hydrogen-bond donors (Lipinski definition) is 0. The van der Waals surface area contributed by atoms with Gasteiger partial charge in [0, 0.05) is 29.5 Å². The fourth-order valence-corrected chi connectivity index (χ4v) is 1.55. The van der Waals surface area contributed by atoms with E-state index in [9.17, 15) is 4.79 Å². The monoisotopic (exact) mass is 291 g/mol. The van der Waals surface area contributed by atoms with Crippen molar-refractivity contribution in [1.29, 1.82) is 0 Å². The summed E-state index contributed by atoms with van der Waals surface area (Å²) in [6.07, 6.45) is 0. The minimum atomic E-state index is -0.158. The highest BCUT2D eigenvalue weighted by Crippen LogP contribution is 2.25. The van der Waals surface area contributed by atoms with Crippen molar-refractivity contribution < 1.29 is 9.53 Å². The number of halogens is 2. The molecule has 0 aliphatic carbocycles. The molecule has 0 spiro atoms. The minimum Gasteiger partial charge on any atom is -0.495 e. The maximum Gasteiger partial charge on any atom is 0.289 e. The summed E-state index contributed by atoms with van der Waals surface area (Å²) in [5, 5.41) is 0.547. The van der Waals surface area contributed by atoms with Crippen molar-refractivity contribution in [1.82, 2.24) is 4.90 Å². The highest BCUT2D eigenvalue weighted by Gasteiger charge is 2.07. The van der Waals surface area contributed by atoms with Crippen LogP contribution in [0.4, 0.5) is 4.79 Å². The number of benzene rings is 1. The first-order chi connectivity index (χ1) is 7.04. The normalized spacial score (nSPS) is 9.87. The van der Waals surface area contributed by atoms with Crippen LogP contribution in [0.15, 0.2) is 18.2 Å². The van der Waals surface area contributed by atoms with Gasteiger partial charge in [-0.25, -0.2) is 0 Å². The molecule has 0 saturated carbocycles. The molecule has 15 heavy (non-hydrogen) atoms. The third-order valence-electron chi connectivity index (χ3n) is 1.94. The SMILES string of the molecule is COc1ccc(CN(C)C(=O)Br)cc1Cl. The molecule has 0 fully saturated rings. The number of carbonyl (C=O) groups is 1. The molecule has 0 unspecified atom stereocenters. The predicted molar refractivity (Wildman–Crippen MR) is 63.8 cm³/mol. The summed E-state index contributed by atoms with van der Waals surface area (Å²) in [5.41, 5.74) is 0.955. The maximum atomic E-state index is 10.9. The lowest BCUT2D eigenvalue weighted by Gasteiger charge is -2.14. The quantitative estimate of drug-likeness (QED) is 0.632. The zero-order valence-electron chi connectivity index (χ0n) is 8.46. The lowest BCUT2D eigenvalue weighted by atomic mass is 10.2. The second-order valence-corrected chi connectivity index (χ2v) is 4.16. The van der Waals surface area contributed by atoms with E-state index >= 15 is 0 Å². The summed E-state index contributed by atoms with van der Waals surface area (Å²) in [5.74, 6) is 0.633. The summed E-state index contributed by atoms with van der Waals surface area (Å²) in [6, 6.07) is 5.44. The fourth-order valence-electron chi connectivity index (χ4n) is 1.14. The van der Waals surface area contributed by atoms with Gasteiger partial charge in [-0.2, -0.15) is 0 Å². The van der Waals surface area contributed by atoms with E-state index in [1.54, 1.807) is 26.3 Å². The van der Waals surface area contributed by atoms with Gasteiger partial charge in [0.2, 0.25) is 0 Å². The van der Waals surface area contributed by atoms with E-state index in [4.69, 9.17) is 16.3 Å². The number of hydrogen-bond acceptors (Lipinski definition) is 2. The summed E-state index contributed by atoms with van der Waals surface area (Å²) in [6.45, 7) is 0.508. The van der Waals surface area contributed by atoms with Crippen LogP contribution in [-0.4, -0.2) is 23.9 Å². The zero-order valence-corrected chi connectivity index (χ0v) is 10.8. The molecule has 0 N–H and O–H groups in total. The molecule has 82 valence electrons. The third-order valence-corrected chi connectivity index (χ3v) is 2.84. The zero-order chi connectivity index (χ0) is 11.4. The lowest BCUT2D eigenvalue weighted by molar-refractivity contribution is 0.233. The van der Waals surface area contributed by atoms with Gasteiger partial charge in [-0.15, -0.1) is 0 Å². The van der Waals surface area contributed by atoms with Crippen molar-refractivity contribution in [2.75, 3.05) is 14.2 Å². The molecule has 0 saturated heterocycles. The molecule has 0 aliphatic rings. The predicted octanol–water partition coefficient (Wildman–Crippen LogP) is 3.30. The average molecular weight is 293 g/mol. The molecule has 0 aliphatic heterocycles. The molecular weight excluding hydrogens is 281 g/mol. The van der Waals surface area contributed by atoms with Crippen molar-refractivity contribution >= 4 is 32.3 Å². The standard InChI is InChI=1S/C10H11BrClNO2/c1-13(10(11)14)6-7-3-4-9(15-2)8(12)5-7/h3-5H,6H2,1-2H3. The number of amides is 1. The topological polar surface area (TPSA) is 29.5 Å². The maximum absolute atomic E-state index is 10.9. The van der Waals surface area contributed by atoms with Gasteiger partial charge in [-0.05, 0) is 17.7 Å². The lowest BCUT2D eigenvalue weighted by Crippen LogP contribution is -2.19. The van der Waals surface area contributed by atoms with E-state index in [-0.39, 0.29) is 4.82 Å². The van der Waals surface area contributed by atoms with Gasteiger partial charge in [-0.1, -0.05) is 17.7 Å². The number of methoxy groups -OCH3 is 1. The fraction of sp³-hybridized carbons (Fsp3) is 0.300. The average Bonchev–Trinajstić information content (AvgIpc) is 2.18. The van der Waals surface area contributed by atoms with Gasteiger partial charge in [-0.3, -0.25) is 4.79 Å². The Morgan fingerprint density at radius 3 is 2.73 bits per heavy atom. The van der Waals surface area contributed by atoms with E-state index in [0.29, 0.717) is 17.3 Å². The smallest absolute Gasteiger partial charge is 0.289 e. The Bertz CT molecular complexity index is 370. The Hall–Kier alpha value is -0.740. The number of carbonyl (C=O) groups excluding carboxylic acids is 1. The summed E-state index contributed by atoms with van der Waals surface area (Å²) in [7, 11) is 3.27. The highest BCUT2D eigenvalue weighted by atomic mass is 79.9. The van der Waals surface area contributed by atoms with Crippen molar-refractivity contribution in [2.24, 2.45) is 0 Å². The Morgan fingerprint density at radius 1 is 1.60 bits per heavy atom. The van der Waals surface area contributed by atoms with Gasteiger partial charge in [0.05, 0.1) is 12.1 Å². The molecule has 1 rings (SSSR count). The van der Waals surface area contributed by atoms with Crippen molar-refractivity contribution in [3.05, 3.63) is 28.8 Å². The highest BCUT2D eigenvalue weighted by molar-refractivity contribution is 9.18. The van der Waals surface area contributed by atoms with Crippen LogP contribution < -0.4 is 4.74 Å². The first-order valence-corrected chi connectivity index (χ1v) is 5.44. The number of nitrogens with zero attached hydrogens (tertiary/aromatic N) is 1. The van der Waals surface area contributed by atoms with Crippen molar-refractivity contribution in [2.45, 2.75) is 6.54 Å². The molecule has 0 aromatic heterocycles. The second kappa shape index (κ2) is 5.37. The van der Waals surface area contributed by atoms with Gasteiger partial charge in [0.1, 0.15) is 5.75 Å². The van der Waals surface area contributed by atoms with Gasteiger partial charge in [0.15, 0.2) is 0 Å². The van der Waals surface area contributed by atoms with Crippen LogP contribution in [0.5, 0.6) is 5.75 Å². The van der Waals surface area contributed by atoms with Crippen molar-refractivity contribution in [3.8, 4) is 5.75 Å². The summed E-state index contributed by atoms with van der Waals surface area (Å²) in [4.78, 5) is 12.3. The molecule has 5 heteroatoms. The Morgan fingerprint density at radius 2 is 2.27 bits per heavy atom. The molecular formula is C10H11BrClNO2. The Labute approximate surface area is 102 Å². The molecule has 3 nitrogen and oxygen atoms in total. The van der Waals surface area contributed by atoms with Crippen LogP contribution in [0.2, 0.25) is 5.02 Å². The van der Waals surface area contributed by atoms with Crippen LogP contribution in [0, 0.1) is 0 Å². The van der Waals surface area contributed by atoms with Crippen LogP contribution in [0.3, 0.4) is 0 Å². The molecule has 1 aromatic carbocycles. The number of ether oxygens (including phenoxy) is 1. The third kappa shape index (κ3) is 3.39. The van der Waals surface area contributed by atoms with E-state index in [1.165, 1.54) is 4.90 Å². The van der Waals surface area contributed by atoms with Gasteiger partial charge in [0.25, 0.3) is 4.82 Å². The molecule has 1 aromatic rings. The number of rotatable bonds is 3. The minimum absolute atomic E-state index is 0.158. The van der Waals surface area contributed by atoms with E-state index < -0.39 is 0 Å². The summed E-state index contributed by atoms with van der Waals surface area (Å²) >= 11 is 8.83. The molecule has 1 amide bonds. The van der Waals surface area contributed by atoms with E-state index in [2.05, 4.69) is 15.9 Å². The van der Waals surface area contributed by atoms with Crippen LogP contribution in [-0.2, 0) is 6.54 Å². The first kappa shape index (κ1) is 12.3. The first-order valence-electron chi connectivity index (χ1n) is 4.27. The largest absolute Gasteiger partial charge is 0.495 e. The second-order valence-electron chi connectivity index (χ2n) is 3.08. The van der Waals surface area contributed by atoms with Gasteiger partial charge < -0.3 is 9.64 Å². The molecule has 0 heterocycles. The van der Waals surface area contributed by atoms with E-state index in [0.717, 1.165) is 5.56 Å². The van der Waals surface area contributed by atoms with Crippen LogP contribution in [0.25, 0.3) is 0 Å². The summed E-state index contributed by atoms with van der Waals surface area (Å²) < 4.78 is 5.03. The van der Waals surface area contributed by atoms with Crippen LogP contribution >= 0.6 is 27.5 Å². The molecule has 0 atom stereocenters. The van der Waals surface area contributed by atoms with Gasteiger partial charge >= 0.3 is 0 Å². The molecule has 0 radical (unpaired) electrons. The Kier molecular flexibility index (Phi) is 4.42. The molecule has 0 bridgehead atoms. The van der Waals surface area contributed by atoms with E-state index in [1.807, 2.05) is 6.07 Å². The Balaban J connectivity index is 2.79.